The van der Waals surface area contributed by atoms with E-state index < -0.39 is 12.1 Å². The zero-order valence-corrected chi connectivity index (χ0v) is 6.90. The number of alkyl halides is 3. The average Bonchev–Trinajstić information content (AvgIpc) is 2.03. The molecule has 0 amide bonds. The van der Waals surface area contributed by atoms with Crippen molar-refractivity contribution in [2.75, 3.05) is 6.54 Å². The molecular weight excluding hydrogens is 167 g/mol. The van der Waals surface area contributed by atoms with Crippen molar-refractivity contribution in [3.8, 4) is 0 Å². The van der Waals surface area contributed by atoms with Crippen LogP contribution in [-0.2, 0) is 0 Å². The van der Waals surface area contributed by atoms with Crippen molar-refractivity contribution < 1.29 is 13.2 Å². The maximum atomic E-state index is 12.2. The Balaban J connectivity index is 2.46. The lowest BCUT2D eigenvalue weighted by Gasteiger charge is -2.29. The molecule has 1 fully saturated rings. The van der Waals surface area contributed by atoms with Crippen molar-refractivity contribution in [2.45, 2.75) is 31.9 Å². The zero-order valence-electron chi connectivity index (χ0n) is 6.90. The van der Waals surface area contributed by atoms with Crippen LogP contribution in [0.25, 0.3) is 0 Å². The van der Waals surface area contributed by atoms with Crippen molar-refractivity contribution >= 4 is 0 Å². The Morgan fingerprint density at radius 2 is 1.92 bits per heavy atom. The molecule has 2 atom stereocenters. The van der Waals surface area contributed by atoms with E-state index in [-0.39, 0.29) is 12.3 Å². The van der Waals surface area contributed by atoms with Gasteiger partial charge in [-0.25, -0.2) is 0 Å². The lowest BCUT2D eigenvalue weighted by atomic mass is 9.81. The minimum absolute atomic E-state index is 0.0883. The van der Waals surface area contributed by atoms with Crippen LogP contribution < -0.4 is 5.73 Å². The molecule has 12 heavy (non-hydrogen) atoms. The van der Waals surface area contributed by atoms with Crippen molar-refractivity contribution in [2.24, 2.45) is 17.6 Å². The Bertz CT molecular complexity index is 144. The molecule has 0 aliphatic heterocycles. The number of hydrogen-bond acceptors (Lipinski definition) is 1. The van der Waals surface area contributed by atoms with Crippen LogP contribution >= 0.6 is 0 Å². The van der Waals surface area contributed by atoms with Crippen LogP contribution in [0.4, 0.5) is 13.2 Å². The molecule has 1 aliphatic rings. The van der Waals surface area contributed by atoms with Gasteiger partial charge in [0.2, 0.25) is 0 Å². The van der Waals surface area contributed by atoms with Crippen LogP contribution in [0, 0.1) is 11.8 Å². The monoisotopic (exact) mass is 181 g/mol. The summed E-state index contributed by atoms with van der Waals surface area (Å²) < 4.78 is 36.6. The molecule has 1 saturated carbocycles. The highest BCUT2D eigenvalue weighted by molar-refractivity contribution is 4.77. The molecule has 0 aromatic heterocycles. The maximum absolute atomic E-state index is 12.2. The van der Waals surface area contributed by atoms with Crippen LogP contribution in [0.3, 0.4) is 0 Å². The van der Waals surface area contributed by atoms with Gasteiger partial charge in [0.1, 0.15) is 0 Å². The molecule has 0 spiro atoms. The lowest BCUT2D eigenvalue weighted by molar-refractivity contribution is -0.185. The molecule has 0 bridgehead atoms. The smallest absolute Gasteiger partial charge is 0.330 e. The fourth-order valence-electron chi connectivity index (χ4n) is 1.80. The summed E-state index contributed by atoms with van der Waals surface area (Å²) in [4.78, 5) is 0. The molecule has 1 rings (SSSR count). The van der Waals surface area contributed by atoms with Crippen LogP contribution in [-0.4, -0.2) is 12.7 Å². The van der Waals surface area contributed by atoms with Gasteiger partial charge in [-0.2, -0.15) is 13.2 Å². The second kappa shape index (κ2) is 3.64. The summed E-state index contributed by atoms with van der Waals surface area (Å²) in [5, 5.41) is 0. The minimum atomic E-state index is -4.01. The van der Waals surface area contributed by atoms with Gasteiger partial charge in [0, 0.05) is 0 Å². The number of halogens is 3. The molecule has 0 aromatic rings. The molecular formula is C8H14F3N. The highest BCUT2D eigenvalue weighted by atomic mass is 19.4. The first kappa shape index (κ1) is 9.84. The molecule has 0 heterocycles. The first-order valence-electron chi connectivity index (χ1n) is 4.31. The fourth-order valence-corrected chi connectivity index (χ4v) is 1.80. The first-order valence-corrected chi connectivity index (χ1v) is 4.31. The van der Waals surface area contributed by atoms with Crippen LogP contribution in [0.15, 0.2) is 0 Å². The average molecular weight is 181 g/mol. The van der Waals surface area contributed by atoms with Gasteiger partial charge in [0.25, 0.3) is 0 Å². The maximum Gasteiger partial charge on any atom is 0.391 e. The quantitative estimate of drug-likeness (QED) is 0.660. The van der Waals surface area contributed by atoms with E-state index in [2.05, 4.69) is 0 Å². The van der Waals surface area contributed by atoms with Crippen molar-refractivity contribution in [1.29, 1.82) is 0 Å². The molecule has 2 N–H and O–H groups in total. The fraction of sp³-hybridized carbons (Fsp3) is 1.00. The third-order valence-corrected chi connectivity index (χ3v) is 2.58. The van der Waals surface area contributed by atoms with Gasteiger partial charge in [0.15, 0.2) is 0 Å². The third kappa shape index (κ3) is 2.37. The zero-order chi connectivity index (χ0) is 9.19. The van der Waals surface area contributed by atoms with Crippen LogP contribution in [0.1, 0.15) is 25.7 Å². The standard InChI is InChI=1S/C8H14F3N/c9-8(10,11)7-3-1-2-6(4-7)5-12/h6-7H,1-5,12H2/t6-,7-/m1/s1. The number of hydrogen-bond donors (Lipinski definition) is 1. The van der Waals surface area contributed by atoms with Crippen molar-refractivity contribution in [1.82, 2.24) is 0 Å². The van der Waals surface area contributed by atoms with E-state index in [0.29, 0.717) is 19.4 Å². The van der Waals surface area contributed by atoms with Gasteiger partial charge in [-0.1, -0.05) is 6.42 Å². The number of nitrogens with two attached hydrogens (primary N) is 1. The normalized spacial score (nSPS) is 32.0. The summed E-state index contributed by atoms with van der Waals surface area (Å²) in [6.45, 7) is 0.395. The summed E-state index contributed by atoms with van der Waals surface area (Å²) >= 11 is 0. The predicted octanol–water partition coefficient (Wildman–Crippen LogP) is 2.31. The van der Waals surface area contributed by atoms with Gasteiger partial charge < -0.3 is 5.73 Å². The van der Waals surface area contributed by atoms with E-state index >= 15 is 0 Å². The van der Waals surface area contributed by atoms with Gasteiger partial charge in [-0.05, 0) is 31.7 Å². The molecule has 0 radical (unpaired) electrons. The summed E-state index contributed by atoms with van der Waals surface area (Å²) in [6, 6.07) is 0. The molecule has 0 unspecified atom stereocenters. The highest BCUT2D eigenvalue weighted by Crippen LogP contribution is 2.39. The Hall–Kier alpha value is -0.250. The SMILES string of the molecule is NC[C@@H]1CCC[C@@H](C(F)(F)F)C1. The topological polar surface area (TPSA) is 26.0 Å². The Morgan fingerprint density at radius 3 is 2.42 bits per heavy atom. The minimum Gasteiger partial charge on any atom is -0.330 e. The third-order valence-electron chi connectivity index (χ3n) is 2.58. The van der Waals surface area contributed by atoms with Crippen molar-refractivity contribution in [3.63, 3.8) is 0 Å². The highest BCUT2D eigenvalue weighted by Gasteiger charge is 2.41. The molecule has 0 saturated heterocycles. The Kier molecular flexibility index (Phi) is 2.99. The molecule has 0 aromatic carbocycles. The Labute approximate surface area is 70.1 Å². The second-order valence-electron chi connectivity index (χ2n) is 3.51. The van der Waals surface area contributed by atoms with Gasteiger partial charge >= 0.3 is 6.18 Å². The molecule has 4 heteroatoms. The van der Waals surface area contributed by atoms with Crippen LogP contribution in [0.5, 0.6) is 0 Å². The van der Waals surface area contributed by atoms with E-state index in [1.54, 1.807) is 0 Å². The van der Waals surface area contributed by atoms with E-state index in [4.69, 9.17) is 5.73 Å². The summed E-state index contributed by atoms with van der Waals surface area (Å²) in [6.07, 6.45) is -1.94. The van der Waals surface area contributed by atoms with E-state index in [1.165, 1.54) is 0 Å². The van der Waals surface area contributed by atoms with Crippen molar-refractivity contribution in [3.05, 3.63) is 0 Å². The van der Waals surface area contributed by atoms with Crippen LogP contribution in [0.2, 0.25) is 0 Å². The molecule has 1 nitrogen and oxygen atoms in total. The lowest BCUT2D eigenvalue weighted by Crippen LogP contribution is -2.31. The first-order chi connectivity index (χ1) is 5.54. The van der Waals surface area contributed by atoms with Gasteiger partial charge in [-0.15, -0.1) is 0 Å². The molecule has 1 aliphatic carbocycles. The van der Waals surface area contributed by atoms with E-state index in [0.717, 1.165) is 6.42 Å². The van der Waals surface area contributed by atoms with Gasteiger partial charge in [0.05, 0.1) is 5.92 Å². The summed E-state index contributed by atoms with van der Waals surface area (Å²) in [5.41, 5.74) is 5.34. The summed E-state index contributed by atoms with van der Waals surface area (Å²) in [5.74, 6) is -1.01. The van der Waals surface area contributed by atoms with E-state index in [1.807, 2.05) is 0 Å². The predicted molar refractivity (Wildman–Crippen MR) is 40.6 cm³/mol. The van der Waals surface area contributed by atoms with Gasteiger partial charge in [-0.3, -0.25) is 0 Å². The number of rotatable bonds is 1. The molecule has 72 valence electrons. The summed E-state index contributed by atoms with van der Waals surface area (Å²) in [7, 11) is 0. The Morgan fingerprint density at radius 1 is 1.25 bits per heavy atom. The largest absolute Gasteiger partial charge is 0.391 e. The van der Waals surface area contributed by atoms with E-state index in [9.17, 15) is 13.2 Å². The second-order valence-corrected chi connectivity index (χ2v) is 3.51.